The first kappa shape index (κ1) is 13.1. The minimum absolute atomic E-state index is 0.0883. The predicted molar refractivity (Wildman–Crippen MR) is 75.6 cm³/mol. The molecule has 0 amide bonds. The van der Waals surface area contributed by atoms with Gasteiger partial charge in [0.05, 0.1) is 17.3 Å². The zero-order chi connectivity index (χ0) is 12.4. The quantitative estimate of drug-likeness (QED) is 0.736. The number of hydrogen-bond donors (Lipinski definition) is 0. The Bertz CT molecular complexity index is 527. The topological polar surface area (TPSA) is 30.7 Å². The highest BCUT2D eigenvalue weighted by Gasteiger charge is 2.12. The number of hydrogen-bond acceptors (Lipinski definition) is 2. The van der Waals surface area contributed by atoms with Crippen molar-refractivity contribution in [1.29, 1.82) is 0 Å². The van der Waals surface area contributed by atoms with Gasteiger partial charge >= 0.3 is 0 Å². The van der Waals surface area contributed by atoms with Crippen molar-refractivity contribution in [2.75, 3.05) is 0 Å². The van der Waals surface area contributed by atoms with Gasteiger partial charge in [-0.1, -0.05) is 28.1 Å². The molecule has 0 fully saturated rings. The first-order chi connectivity index (χ1) is 8.11. The standard InChI is InChI=1S/C11H10Br2ClN3/c1-2-9(14)10-6-17(16-15-10)11-5-7(12)3-4-8(11)13/h3-6,9H,2H2,1H3. The molecule has 0 bridgehead atoms. The van der Waals surface area contributed by atoms with Crippen LogP contribution in [-0.4, -0.2) is 15.0 Å². The van der Waals surface area contributed by atoms with Gasteiger partial charge in [0.15, 0.2) is 0 Å². The molecule has 1 atom stereocenters. The van der Waals surface area contributed by atoms with Gasteiger partial charge in [-0.15, -0.1) is 16.7 Å². The molecule has 1 unspecified atom stereocenters. The normalized spacial score (nSPS) is 12.7. The Labute approximate surface area is 121 Å². The van der Waals surface area contributed by atoms with E-state index >= 15 is 0 Å². The number of benzene rings is 1. The van der Waals surface area contributed by atoms with Crippen LogP contribution in [0.2, 0.25) is 0 Å². The number of aromatic nitrogens is 3. The van der Waals surface area contributed by atoms with Crippen LogP contribution in [0.5, 0.6) is 0 Å². The third-order valence-electron chi connectivity index (χ3n) is 2.35. The average Bonchev–Trinajstić information content (AvgIpc) is 2.80. The highest BCUT2D eigenvalue weighted by Crippen LogP contribution is 2.26. The van der Waals surface area contributed by atoms with E-state index in [4.69, 9.17) is 11.6 Å². The third kappa shape index (κ3) is 2.89. The molecule has 6 heteroatoms. The van der Waals surface area contributed by atoms with Crippen LogP contribution in [0.3, 0.4) is 0 Å². The maximum absolute atomic E-state index is 6.13. The molecule has 0 aliphatic carbocycles. The second-order valence-electron chi connectivity index (χ2n) is 3.56. The van der Waals surface area contributed by atoms with Gasteiger partial charge in [0.1, 0.15) is 5.69 Å². The largest absolute Gasteiger partial charge is 0.219 e. The SMILES string of the molecule is CCC(Cl)c1cn(-c2cc(Br)ccc2Br)nn1. The molecular weight excluding hydrogens is 369 g/mol. The zero-order valence-electron chi connectivity index (χ0n) is 9.07. The fourth-order valence-electron chi connectivity index (χ4n) is 1.41. The minimum atomic E-state index is -0.0883. The van der Waals surface area contributed by atoms with Crippen LogP contribution in [0.25, 0.3) is 5.69 Å². The lowest BCUT2D eigenvalue weighted by Crippen LogP contribution is -1.96. The van der Waals surface area contributed by atoms with E-state index in [9.17, 15) is 0 Å². The first-order valence-electron chi connectivity index (χ1n) is 5.13. The summed E-state index contributed by atoms with van der Waals surface area (Å²) in [5, 5.41) is 8.08. The van der Waals surface area contributed by atoms with Gasteiger partial charge in [0.2, 0.25) is 0 Å². The van der Waals surface area contributed by atoms with E-state index in [1.165, 1.54) is 0 Å². The summed E-state index contributed by atoms with van der Waals surface area (Å²) >= 11 is 13.0. The molecule has 17 heavy (non-hydrogen) atoms. The van der Waals surface area contributed by atoms with Crippen molar-refractivity contribution >= 4 is 43.5 Å². The molecule has 0 spiro atoms. The van der Waals surface area contributed by atoms with Crippen LogP contribution >= 0.6 is 43.5 Å². The summed E-state index contributed by atoms with van der Waals surface area (Å²) in [7, 11) is 0. The Hall–Kier alpha value is -0.390. The van der Waals surface area contributed by atoms with Crippen molar-refractivity contribution in [2.24, 2.45) is 0 Å². The van der Waals surface area contributed by atoms with Crippen LogP contribution < -0.4 is 0 Å². The summed E-state index contributed by atoms with van der Waals surface area (Å²) in [6, 6.07) is 5.89. The molecule has 0 radical (unpaired) electrons. The number of nitrogens with zero attached hydrogens (tertiary/aromatic N) is 3. The molecule has 1 aromatic carbocycles. The van der Waals surface area contributed by atoms with Gasteiger partial charge in [-0.3, -0.25) is 0 Å². The summed E-state index contributed by atoms with van der Waals surface area (Å²) in [4.78, 5) is 0. The van der Waals surface area contributed by atoms with Crippen molar-refractivity contribution in [1.82, 2.24) is 15.0 Å². The van der Waals surface area contributed by atoms with E-state index in [0.717, 1.165) is 26.7 Å². The molecule has 0 saturated heterocycles. The van der Waals surface area contributed by atoms with Crippen molar-refractivity contribution in [3.05, 3.63) is 39.0 Å². The Morgan fingerprint density at radius 3 is 2.88 bits per heavy atom. The van der Waals surface area contributed by atoms with Crippen LogP contribution in [0.1, 0.15) is 24.4 Å². The van der Waals surface area contributed by atoms with E-state index in [2.05, 4.69) is 42.2 Å². The molecule has 0 aliphatic rings. The molecule has 3 nitrogen and oxygen atoms in total. The van der Waals surface area contributed by atoms with Crippen LogP contribution in [-0.2, 0) is 0 Å². The lowest BCUT2D eigenvalue weighted by molar-refractivity contribution is 0.783. The molecule has 2 rings (SSSR count). The monoisotopic (exact) mass is 377 g/mol. The van der Waals surface area contributed by atoms with Gasteiger partial charge in [-0.05, 0) is 40.5 Å². The average molecular weight is 379 g/mol. The fourth-order valence-corrected chi connectivity index (χ4v) is 2.29. The predicted octanol–water partition coefficient (Wildman–Crippen LogP) is 4.48. The second kappa shape index (κ2) is 5.50. The second-order valence-corrected chi connectivity index (χ2v) is 5.86. The molecular formula is C11H10Br2ClN3. The molecule has 0 saturated carbocycles. The van der Waals surface area contributed by atoms with E-state index in [0.29, 0.717) is 0 Å². The van der Waals surface area contributed by atoms with Crippen LogP contribution in [0.4, 0.5) is 0 Å². The molecule has 0 N–H and O–H groups in total. The van der Waals surface area contributed by atoms with Crippen molar-refractivity contribution in [3.63, 3.8) is 0 Å². The summed E-state index contributed by atoms with van der Waals surface area (Å²) in [5.74, 6) is 0. The van der Waals surface area contributed by atoms with Crippen molar-refractivity contribution in [2.45, 2.75) is 18.7 Å². The van der Waals surface area contributed by atoms with Gasteiger partial charge in [-0.2, -0.15) is 0 Å². The number of rotatable bonds is 3. The summed E-state index contributed by atoms with van der Waals surface area (Å²) in [6.07, 6.45) is 2.69. The molecule has 1 heterocycles. The third-order valence-corrected chi connectivity index (χ3v) is 4.04. The lowest BCUT2D eigenvalue weighted by Gasteiger charge is -2.04. The smallest absolute Gasteiger partial charge is 0.101 e. The maximum Gasteiger partial charge on any atom is 0.101 e. The van der Waals surface area contributed by atoms with Gasteiger partial charge in [0, 0.05) is 8.95 Å². The fraction of sp³-hybridized carbons (Fsp3) is 0.273. The Balaban J connectivity index is 2.40. The Kier molecular flexibility index (Phi) is 4.22. The maximum atomic E-state index is 6.13. The van der Waals surface area contributed by atoms with E-state index in [1.807, 2.05) is 31.3 Å². The van der Waals surface area contributed by atoms with Crippen molar-refractivity contribution < 1.29 is 0 Å². The van der Waals surface area contributed by atoms with Gasteiger partial charge in [0.25, 0.3) is 0 Å². The number of halogens is 3. The molecule has 90 valence electrons. The Morgan fingerprint density at radius 2 is 2.18 bits per heavy atom. The number of alkyl halides is 1. The highest BCUT2D eigenvalue weighted by molar-refractivity contribution is 9.11. The first-order valence-corrected chi connectivity index (χ1v) is 7.15. The molecule has 1 aromatic heterocycles. The van der Waals surface area contributed by atoms with E-state index in [1.54, 1.807) is 4.68 Å². The van der Waals surface area contributed by atoms with Gasteiger partial charge < -0.3 is 0 Å². The molecule has 0 aliphatic heterocycles. The zero-order valence-corrected chi connectivity index (χ0v) is 13.0. The lowest BCUT2D eigenvalue weighted by atomic mass is 10.2. The van der Waals surface area contributed by atoms with Gasteiger partial charge in [-0.25, -0.2) is 4.68 Å². The summed E-state index contributed by atoms with van der Waals surface area (Å²) in [6.45, 7) is 2.02. The summed E-state index contributed by atoms with van der Waals surface area (Å²) < 4.78 is 3.67. The van der Waals surface area contributed by atoms with Crippen molar-refractivity contribution in [3.8, 4) is 5.69 Å². The highest BCUT2D eigenvalue weighted by atomic mass is 79.9. The Morgan fingerprint density at radius 1 is 1.41 bits per heavy atom. The van der Waals surface area contributed by atoms with Crippen LogP contribution in [0.15, 0.2) is 33.3 Å². The van der Waals surface area contributed by atoms with Crippen LogP contribution in [0, 0.1) is 0 Å². The summed E-state index contributed by atoms with van der Waals surface area (Å²) in [5.41, 5.74) is 1.72. The molecule has 2 aromatic rings. The van der Waals surface area contributed by atoms with E-state index in [-0.39, 0.29) is 5.38 Å². The minimum Gasteiger partial charge on any atom is -0.219 e. The van der Waals surface area contributed by atoms with E-state index < -0.39 is 0 Å².